The third kappa shape index (κ3) is 2.66. The molecule has 0 saturated heterocycles. The Labute approximate surface area is 177 Å². The highest BCUT2D eigenvalue weighted by atomic mass is 16.5. The van der Waals surface area contributed by atoms with E-state index in [9.17, 15) is 0 Å². The van der Waals surface area contributed by atoms with Crippen LogP contribution in [-0.4, -0.2) is 17.8 Å². The number of hydrogen-bond donors (Lipinski definition) is 0. The molecule has 2 aliphatic carbocycles. The van der Waals surface area contributed by atoms with Gasteiger partial charge < -0.3 is 9.47 Å². The summed E-state index contributed by atoms with van der Waals surface area (Å²) < 4.78 is 18.0. The van der Waals surface area contributed by atoms with Crippen molar-refractivity contribution in [2.24, 2.45) is 35.5 Å². The van der Waals surface area contributed by atoms with Gasteiger partial charge in [0.05, 0.1) is 0 Å². The van der Waals surface area contributed by atoms with Crippen LogP contribution in [-0.2, 0) is 11.1 Å². The van der Waals surface area contributed by atoms with Gasteiger partial charge in [-0.3, -0.25) is 0 Å². The van der Waals surface area contributed by atoms with E-state index >= 15 is 0 Å². The zero-order chi connectivity index (χ0) is 20.6. The van der Waals surface area contributed by atoms with Gasteiger partial charge in [-0.2, -0.15) is 9.13 Å². The highest BCUT2D eigenvalue weighted by Gasteiger charge is 2.62. The first-order chi connectivity index (χ1) is 13.8. The van der Waals surface area contributed by atoms with Crippen LogP contribution in [0.15, 0.2) is 6.33 Å². The molecule has 4 heteroatoms. The number of aromatic nitrogens is 2. The molecule has 5 rings (SSSR count). The average molecular weight is 402 g/mol. The Balaban J connectivity index is 1.61. The summed E-state index contributed by atoms with van der Waals surface area (Å²) in [6.45, 7) is 16.1. The molecule has 162 valence electrons. The third-order valence-electron chi connectivity index (χ3n) is 9.06. The van der Waals surface area contributed by atoms with Gasteiger partial charge in [-0.1, -0.05) is 54.4 Å². The Morgan fingerprint density at radius 3 is 2.24 bits per heavy atom. The molecule has 4 aliphatic rings. The van der Waals surface area contributed by atoms with Crippen LogP contribution >= 0.6 is 0 Å². The zero-order valence-corrected chi connectivity index (χ0v) is 19.4. The summed E-state index contributed by atoms with van der Waals surface area (Å²) in [5.41, 5.74) is 0.216. The van der Waals surface area contributed by atoms with E-state index in [1.807, 2.05) is 0 Å². The summed E-state index contributed by atoms with van der Waals surface area (Å²) in [6, 6.07) is 0. The zero-order valence-electron chi connectivity index (χ0n) is 19.4. The van der Waals surface area contributed by atoms with E-state index < -0.39 is 0 Å². The standard InChI is InChI=1S/C25H41N2O2/c1-16(2)20-9-7-18(5)11-24(20)13-28-22-23-27(15-26(22)24)25(14-29-23)12-19(6)8-10-21(25)17(3)4/h15-21H,7-14H2,1-6H3/q+1/t18-,19-,20+,21+,24-,25-/m1/s1. The second-order valence-electron chi connectivity index (χ2n) is 11.7. The minimum atomic E-state index is 0.108. The average Bonchev–Trinajstić information content (AvgIpc) is 3.28. The molecule has 2 spiro atoms. The van der Waals surface area contributed by atoms with Crippen LogP contribution < -0.4 is 14.0 Å². The second-order valence-corrected chi connectivity index (χ2v) is 11.7. The van der Waals surface area contributed by atoms with Gasteiger partial charge >= 0.3 is 11.8 Å². The maximum Gasteiger partial charge on any atom is 0.373 e. The lowest BCUT2D eigenvalue weighted by atomic mass is 9.65. The van der Waals surface area contributed by atoms with Gasteiger partial charge in [0.1, 0.15) is 13.2 Å². The molecule has 0 unspecified atom stereocenters. The molecule has 2 aliphatic heterocycles. The van der Waals surface area contributed by atoms with Crippen molar-refractivity contribution < 1.29 is 14.0 Å². The van der Waals surface area contributed by atoms with Crippen molar-refractivity contribution in [2.75, 3.05) is 13.2 Å². The molecule has 0 radical (unpaired) electrons. The molecular weight excluding hydrogens is 360 g/mol. The van der Waals surface area contributed by atoms with Gasteiger partial charge in [0.2, 0.25) is 0 Å². The summed E-state index contributed by atoms with van der Waals surface area (Å²) in [4.78, 5) is 0. The van der Waals surface area contributed by atoms with E-state index in [1.54, 1.807) is 0 Å². The summed E-state index contributed by atoms with van der Waals surface area (Å²) >= 11 is 0. The topological polar surface area (TPSA) is 27.3 Å². The number of rotatable bonds is 2. The molecule has 2 fully saturated rings. The lowest BCUT2D eigenvalue weighted by molar-refractivity contribution is -0.759. The number of nitrogens with zero attached hydrogens (tertiary/aromatic N) is 2. The van der Waals surface area contributed by atoms with Crippen molar-refractivity contribution in [3.05, 3.63) is 6.33 Å². The quantitative estimate of drug-likeness (QED) is 0.642. The molecule has 29 heavy (non-hydrogen) atoms. The van der Waals surface area contributed by atoms with Crippen LogP contribution in [0, 0.1) is 35.5 Å². The molecule has 6 atom stereocenters. The maximum absolute atomic E-state index is 6.48. The van der Waals surface area contributed by atoms with Crippen LogP contribution in [0.3, 0.4) is 0 Å². The fourth-order valence-electron chi connectivity index (χ4n) is 7.82. The van der Waals surface area contributed by atoms with Gasteiger partial charge in [0.25, 0.3) is 6.33 Å². The van der Waals surface area contributed by atoms with Crippen molar-refractivity contribution >= 4 is 0 Å². The molecule has 1 aromatic heterocycles. The van der Waals surface area contributed by atoms with E-state index in [0.29, 0.717) is 23.7 Å². The molecule has 0 bridgehead atoms. The van der Waals surface area contributed by atoms with Gasteiger partial charge in [-0.05, 0) is 49.4 Å². The number of hydrogen-bond acceptors (Lipinski definition) is 2. The molecule has 4 nitrogen and oxygen atoms in total. The SMILES string of the molecule is CC(C)[C@@H]1CC[C@@H](C)C[C@@]12COc1c3[n+](cn12)[C@@]1(CO3)C[C@H](C)CC[C@H]1C(C)C. The van der Waals surface area contributed by atoms with E-state index in [0.717, 1.165) is 36.8 Å². The summed E-state index contributed by atoms with van der Waals surface area (Å²) in [6.07, 6.45) is 10.2. The third-order valence-corrected chi connectivity index (χ3v) is 9.06. The van der Waals surface area contributed by atoms with E-state index in [2.05, 4.69) is 57.0 Å². The molecule has 0 amide bonds. The van der Waals surface area contributed by atoms with Crippen molar-refractivity contribution in [1.29, 1.82) is 0 Å². The van der Waals surface area contributed by atoms with E-state index in [1.165, 1.54) is 38.5 Å². The highest BCUT2D eigenvalue weighted by Crippen LogP contribution is 2.54. The van der Waals surface area contributed by atoms with Gasteiger partial charge in [0.15, 0.2) is 11.1 Å². The van der Waals surface area contributed by atoms with Crippen molar-refractivity contribution in [1.82, 2.24) is 4.57 Å². The minimum Gasteiger partial charge on any atom is -0.452 e. The molecule has 0 aromatic carbocycles. The Hall–Kier alpha value is -1.19. The predicted molar refractivity (Wildman–Crippen MR) is 114 cm³/mol. The largest absolute Gasteiger partial charge is 0.452 e. The molecular formula is C25H41N2O2+. The normalized spacial score (nSPS) is 41.1. The van der Waals surface area contributed by atoms with Crippen molar-refractivity contribution in [2.45, 2.75) is 91.1 Å². The molecule has 1 aromatic rings. The predicted octanol–water partition coefficient (Wildman–Crippen LogP) is 5.14. The van der Waals surface area contributed by atoms with Gasteiger partial charge in [-0.25, -0.2) is 0 Å². The maximum atomic E-state index is 6.48. The lowest BCUT2D eigenvalue weighted by Crippen LogP contribution is -2.62. The number of imidazole rings is 1. The van der Waals surface area contributed by atoms with Crippen LogP contribution in [0.5, 0.6) is 11.8 Å². The van der Waals surface area contributed by atoms with Crippen LogP contribution in [0.1, 0.15) is 80.1 Å². The van der Waals surface area contributed by atoms with Crippen molar-refractivity contribution in [3.63, 3.8) is 0 Å². The summed E-state index contributed by atoms with van der Waals surface area (Å²) in [7, 11) is 0. The number of ether oxygens (including phenoxy) is 2. The van der Waals surface area contributed by atoms with Crippen molar-refractivity contribution in [3.8, 4) is 11.8 Å². The Bertz CT molecular complexity index is 722. The minimum absolute atomic E-state index is 0.108. The summed E-state index contributed by atoms with van der Waals surface area (Å²) in [5, 5.41) is 0. The first kappa shape index (κ1) is 19.8. The number of fused-ring (bicyclic) bond motifs is 5. The second kappa shape index (κ2) is 6.65. The van der Waals surface area contributed by atoms with Crippen LogP contribution in [0.4, 0.5) is 0 Å². The van der Waals surface area contributed by atoms with Gasteiger partial charge in [0, 0.05) is 11.8 Å². The lowest BCUT2D eigenvalue weighted by Gasteiger charge is -2.43. The first-order valence-corrected chi connectivity index (χ1v) is 12.2. The van der Waals surface area contributed by atoms with Gasteiger partial charge in [-0.15, -0.1) is 0 Å². The Morgan fingerprint density at radius 2 is 1.55 bits per heavy atom. The molecule has 2 saturated carbocycles. The Kier molecular flexibility index (Phi) is 4.53. The fourth-order valence-corrected chi connectivity index (χ4v) is 7.82. The Morgan fingerprint density at radius 1 is 0.897 bits per heavy atom. The van der Waals surface area contributed by atoms with Crippen LogP contribution in [0.2, 0.25) is 0 Å². The van der Waals surface area contributed by atoms with E-state index in [4.69, 9.17) is 9.47 Å². The molecule has 0 N–H and O–H groups in total. The van der Waals surface area contributed by atoms with E-state index in [-0.39, 0.29) is 11.1 Å². The smallest absolute Gasteiger partial charge is 0.373 e. The summed E-state index contributed by atoms with van der Waals surface area (Å²) in [5.74, 6) is 6.25. The van der Waals surface area contributed by atoms with Crippen LogP contribution in [0.25, 0.3) is 0 Å². The first-order valence-electron chi connectivity index (χ1n) is 12.2. The fraction of sp³-hybridized carbons (Fsp3) is 0.880. The molecule has 3 heterocycles. The highest BCUT2D eigenvalue weighted by molar-refractivity contribution is 5.30. The monoisotopic (exact) mass is 401 g/mol.